The van der Waals surface area contributed by atoms with Crippen molar-refractivity contribution in [1.29, 1.82) is 0 Å². The molecule has 248 valence electrons. The topological polar surface area (TPSA) is 121 Å². The molecule has 0 amide bonds. The van der Waals surface area contributed by atoms with E-state index in [0.717, 1.165) is 22.3 Å². The average Bonchev–Trinajstić information content (AvgIpc) is 2.95. The number of azo groups is 2. The van der Waals surface area contributed by atoms with Crippen molar-refractivity contribution >= 4 is 23.0 Å². The normalized spacial score (nSPS) is 12.5. The van der Waals surface area contributed by atoms with Crippen molar-refractivity contribution in [2.45, 2.75) is 105 Å². The van der Waals surface area contributed by atoms with Gasteiger partial charge in [0.05, 0.1) is 11.4 Å². The summed E-state index contributed by atoms with van der Waals surface area (Å²) in [7, 11) is 0. The maximum Gasteiger partial charge on any atom is 2.00 e. The molecule has 0 unspecified atom stereocenters. The molecule has 0 aliphatic heterocycles. The quantitative estimate of drug-likeness (QED) is 0.200. The zero-order chi connectivity index (χ0) is 34.5. The largest absolute Gasteiger partial charge is 2.00 e. The van der Waals surface area contributed by atoms with Crippen molar-refractivity contribution in [3.05, 3.63) is 95.3 Å². The van der Waals surface area contributed by atoms with Crippen LogP contribution in [0.25, 0.3) is 0 Å². The Morgan fingerprint density at radius 3 is 1.06 bits per heavy atom. The minimum atomic E-state index is -0.242. The Bertz CT molecular complexity index is 1550. The summed E-state index contributed by atoms with van der Waals surface area (Å²) in [5.41, 5.74) is 3.81. The third-order valence-corrected chi connectivity index (χ3v) is 7.31. The Labute approximate surface area is 291 Å². The first-order valence-electron chi connectivity index (χ1n) is 15.6. The maximum absolute atomic E-state index is 12.7. The van der Waals surface area contributed by atoms with E-state index in [4.69, 9.17) is 0 Å². The van der Waals surface area contributed by atoms with E-state index < -0.39 is 0 Å². The molecule has 4 rings (SSSR count). The van der Waals surface area contributed by atoms with E-state index in [-0.39, 0.29) is 50.5 Å². The van der Waals surface area contributed by atoms with E-state index >= 15 is 0 Å². The molecule has 8 nitrogen and oxygen atoms in total. The second-order valence-corrected chi connectivity index (χ2v) is 15.5. The molecule has 0 saturated heterocycles. The monoisotopic (exact) mass is 672 g/mol. The van der Waals surface area contributed by atoms with Gasteiger partial charge in [-0.3, -0.25) is 0 Å². The van der Waals surface area contributed by atoms with E-state index in [9.17, 15) is 10.2 Å². The summed E-state index contributed by atoms with van der Waals surface area (Å²) in [5, 5.41) is 42.0. The summed E-state index contributed by atoms with van der Waals surface area (Å²) in [6.45, 7) is 25.0. The maximum atomic E-state index is 12.7. The summed E-state index contributed by atoms with van der Waals surface area (Å²) >= 11 is 0. The van der Waals surface area contributed by atoms with Crippen LogP contribution < -0.4 is 10.2 Å². The van der Waals surface area contributed by atoms with Crippen LogP contribution in [0.4, 0.5) is 23.0 Å². The van der Waals surface area contributed by atoms with E-state index in [1.165, 1.54) is 0 Å². The molecule has 2 aromatic heterocycles. The van der Waals surface area contributed by atoms with Gasteiger partial charge in [-0.2, -0.15) is 0 Å². The average molecular weight is 673 g/mol. The van der Waals surface area contributed by atoms with Gasteiger partial charge in [0.2, 0.25) is 0 Å². The fourth-order valence-corrected chi connectivity index (χ4v) is 4.39. The molecule has 2 heterocycles. The van der Waals surface area contributed by atoms with E-state index in [1.807, 2.05) is 90.1 Å². The summed E-state index contributed by atoms with van der Waals surface area (Å²) in [6.07, 6.45) is 3.30. The third kappa shape index (κ3) is 11.1. The Kier molecular flexibility index (Phi) is 12.8. The summed E-state index contributed by atoms with van der Waals surface area (Å²) < 4.78 is 0. The van der Waals surface area contributed by atoms with Gasteiger partial charge in [-0.25, -0.2) is 9.97 Å². The van der Waals surface area contributed by atoms with Crippen LogP contribution in [0, 0.1) is 0 Å². The Balaban J connectivity index is 0.000000320. The van der Waals surface area contributed by atoms with Crippen LogP contribution in [0.15, 0.2) is 93.5 Å². The smallest absolute Gasteiger partial charge is 0.871 e. The molecule has 0 fully saturated rings. The fourth-order valence-electron chi connectivity index (χ4n) is 4.39. The number of benzene rings is 2. The second-order valence-electron chi connectivity index (χ2n) is 15.5. The molecule has 0 radical (unpaired) electrons. The van der Waals surface area contributed by atoms with Gasteiger partial charge in [-0.15, -0.1) is 20.5 Å². The molecule has 0 atom stereocenters. The van der Waals surface area contributed by atoms with Crippen molar-refractivity contribution in [1.82, 2.24) is 9.97 Å². The first-order valence-corrected chi connectivity index (χ1v) is 15.6. The number of aromatic nitrogens is 2. The van der Waals surface area contributed by atoms with Crippen LogP contribution in [-0.4, -0.2) is 9.97 Å². The Morgan fingerprint density at radius 2 is 0.809 bits per heavy atom. The number of nitrogens with zero attached hydrogens (tertiary/aromatic N) is 6. The van der Waals surface area contributed by atoms with E-state index in [2.05, 4.69) is 72.0 Å². The first kappa shape index (κ1) is 39.3. The van der Waals surface area contributed by atoms with Gasteiger partial charge in [0.15, 0.2) is 11.6 Å². The molecular formula is C38H48CrN6O2. The molecule has 9 heteroatoms. The molecular weight excluding hydrogens is 624 g/mol. The number of rotatable bonds is 4. The zero-order valence-corrected chi connectivity index (χ0v) is 31.1. The number of pyridine rings is 2. The van der Waals surface area contributed by atoms with Crippen molar-refractivity contribution in [3.63, 3.8) is 0 Å². The molecule has 47 heavy (non-hydrogen) atoms. The van der Waals surface area contributed by atoms with Gasteiger partial charge in [0, 0.05) is 12.4 Å². The predicted molar refractivity (Wildman–Crippen MR) is 183 cm³/mol. The molecule has 0 spiro atoms. The molecule has 0 bridgehead atoms. The van der Waals surface area contributed by atoms with Gasteiger partial charge in [0.1, 0.15) is 0 Å². The van der Waals surface area contributed by atoms with Gasteiger partial charge in [-0.1, -0.05) is 119 Å². The Morgan fingerprint density at radius 1 is 0.468 bits per heavy atom. The standard InChI is InChI=1S/2C19H25N3O.Cr/c2*1-18(2,3)13-11-14(19(4,5)6)17(23)15(12-13)21-22-16-9-7-8-10-20-16;/h2*7-12,23H,1-6H3;/q;;+2/p-2. The molecule has 0 aliphatic rings. The van der Waals surface area contributed by atoms with Crippen molar-refractivity contribution in [3.8, 4) is 11.5 Å². The van der Waals surface area contributed by atoms with Crippen molar-refractivity contribution < 1.29 is 27.6 Å². The SMILES string of the molecule is CC(C)(C)c1cc(N=Nc2ccccn2)c([O-])c(C(C)(C)C)c1.CC(C)(C)c1cc(N=Nc2ccccn2)c([O-])c(C(C)(C)C)c1.[Cr+2]. The molecule has 0 N–H and O–H groups in total. The second kappa shape index (κ2) is 15.3. The minimum Gasteiger partial charge on any atom is -0.871 e. The third-order valence-electron chi connectivity index (χ3n) is 7.31. The van der Waals surface area contributed by atoms with E-state index in [0.29, 0.717) is 23.0 Å². The molecule has 0 saturated carbocycles. The van der Waals surface area contributed by atoms with Crippen molar-refractivity contribution in [2.75, 3.05) is 0 Å². The predicted octanol–water partition coefficient (Wildman–Crippen LogP) is 10.3. The molecule has 0 aliphatic carbocycles. The first-order chi connectivity index (χ1) is 21.2. The summed E-state index contributed by atoms with van der Waals surface area (Å²) in [6, 6.07) is 18.5. The van der Waals surface area contributed by atoms with Gasteiger partial charge in [-0.05, 0) is 80.3 Å². The molecule has 2 aromatic carbocycles. The van der Waals surface area contributed by atoms with Crippen LogP contribution in [0.2, 0.25) is 0 Å². The van der Waals surface area contributed by atoms with Gasteiger partial charge < -0.3 is 10.2 Å². The zero-order valence-electron chi connectivity index (χ0n) is 29.8. The summed E-state index contributed by atoms with van der Waals surface area (Å²) in [5.74, 6) is 0.853. The van der Waals surface area contributed by atoms with Crippen LogP contribution in [0.3, 0.4) is 0 Å². The number of hydrogen-bond donors (Lipinski definition) is 0. The minimum absolute atomic E-state index is 0. The van der Waals surface area contributed by atoms with Crippen LogP contribution in [0.5, 0.6) is 11.5 Å². The molecule has 4 aromatic rings. The van der Waals surface area contributed by atoms with Crippen LogP contribution in [-0.2, 0) is 39.0 Å². The fraction of sp³-hybridized carbons (Fsp3) is 0.421. The van der Waals surface area contributed by atoms with Crippen LogP contribution in [0.1, 0.15) is 105 Å². The summed E-state index contributed by atoms with van der Waals surface area (Å²) in [4.78, 5) is 8.21. The van der Waals surface area contributed by atoms with E-state index in [1.54, 1.807) is 24.5 Å². The van der Waals surface area contributed by atoms with Gasteiger partial charge >= 0.3 is 17.4 Å². The Hall–Kier alpha value is -3.93. The van der Waals surface area contributed by atoms with Crippen molar-refractivity contribution in [2.24, 2.45) is 20.5 Å². The number of hydrogen-bond acceptors (Lipinski definition) is 8. The van der Waals surface area contributed by atoms with Gasteiger partial charge in [0.25, 0.3) is 0 Å². The van der Waals surface area contributed by atoms with Crippen LogP contribution >= 0.6 is 0 Å².